The number of ether oxygens (including phenoxy) is 2. The van der Waals surface area contributed by atoms with E-state index in [0.29, 0.717) is 32.8 Å². The van der Waals surface area contributed by atoms with E-state index in [1.165, 1.54) is 24.3 Å². The second kappa shape index (κ2) is 5.52. The number of aromatic amines is 1. The molecule has 0 fully saturated rings. The molecule has 2 aromatic heterocycles. The van der Waals surface area contributed by atoms with Gasteiger partial charge in [0, 0.05) is 22.9 Å². The van der Waals surface area contributed by atoms with E-state index in [1.807, 2.05) is 0 Å². The van der Waals surface area contributed by atoms with Crippen LogP contribution in [0.15, 0.2) is 45.6 Å². The molecule has 0 radical (unpaired) electrons. The topological polar surface area (TPSA) is 151 Å². The molecule has 4 aromatic rings. The number of nitrogens with two attached hydrogens (primary N) is 2. The second-order valence-corrected chi connectivity index (χ2v) is 5.47. The van der Waals surface area contributed by atoms with Crippen LogP contribution in [0.3, 0.4) is 0 Å². The molecule has 0 aliphatic carbocycles. The van der Waals surface area contributed by atoms with Crippen molar-refractivity contribution < 1.29 is 23.5 Å². The Bertz CT molecular complexity index is 1270. The smallest absolute Gasteiger partial charge is 0.409 e. The van der Waals surface area contributed by atoms with E-state index in [-0.39, 0.29) is 17.1 Å². The van der Waals surface area contributed by atoms with Crippen LogP contribution in [0.1, 0.15) is 0 Å². The molecule has 130 valence electrons. The van der Waals surface area contributed by atoms with Crippen LogP contribution in [0.4, 0.5) is 9.59 Å². The summed E-state index contributed by atoms with van der Waals surface area (Å²) in [4.78, 5) is 37.0. The van der Waals surface area contributed by atoms with Crippen molar-refractivity contribution >= 4 is 45.0 Å². The van der Waals surface area contributed by atoms with Crippen molar-refractivity contribution in [2.75, 3.05) is 0 Å². The number of aromatic nitrogens is 1. The first-order valence-corrected chi connectivity index (χ1v) is 7.39. The molecule has 0 aliphatic rings. The Labute approximate surface area is 144 Å². The Balaban J connectivity index is 1.98. The predicted octanol–water partition coefficient (Wildman–Crippen LogP) is 2.34. The number of nitrogens with one attached hydrogen (secondary N) is 1. The largest absolute Gasteiger partial charge is 0.455 e. The van der Waals surface area contributed by atoms with Crippen molar-refractivity contribution in [2.45, 2.75) is 0 Å². The number of furan rings is 1. The van der Waals surface area contributed by atoms with Crippen LogP contribution in [0.25, 0.3) is 32.8 Å². The van der Waals surface area contributed by atoms with Crippen LogP contribution in [-0.2, 0) is 0 Å². The van der Waals surface area contributed by atoms with Gasteiger partial charge in [-0.25, -0.2) is 9.59 Å². The molecule has 0 unspecified atom stereocenters. The van der Waals surface area contributed by atoms with Crippen molar-refractivity contribution in [3.63, 3.8) is 0 Å². The highest BCUT2D eigenvalue weighted by molar-refractivity contribution is 6.13. The number of amides is 2. The third kappa shape index (κ3) is 2.47. The number of primary amides is 2. The summed E-state index contributed by atoms with van der Waals surface area (Å²) >= 11 is 0. The molecule has 9 nitrogen and oxygen atoms in total. The Morgan fingerprint density at radius 2 is 1.54 bits per heavy atom. The summed E-state index contributed by atoms with van der Waals surface area (Å²) < 4.78 is 15.4. The van der Waals surface area contributed by atoms with Crippen LogP contribution in [-0.4, -0.2) is 17.2 Å². The van der Waals surface area contributed by atoms with Crippen LogP contribution >= 0.6 is 0 Å². The lowest BCUT2D eigenvalue weighted by atomic mass is 10.1. The van der Waals surface area contributed by atoms with E-state index < -0.39 is 12.2 Å². The van der Waals surface area contributed by atoms with Crippen molar-refractivity contribution in [1.82, 2.24) is 4.98 Å². The zero-order valence-electron chi connectivity index (χ0n) is 13.1. The minimum Gasteiger partial charge on any atom is -0.455 e. The van der Waals surface area contributed by atoms with E-state index in [2.05, 4.69) is 4.98 Å². The molecule has 0 atom stereocenters. The Kier molecular flexibility index (Phi) is 3.29. The van der Waals surface area contributed by atoms with Gasteiger partial charge in [0.1, 0.15) is 22.7 Å². The number of hydrogen-bond acceptors (Lipinski definition) is 6. The number of fused-ring (bicyclic) bond motifs is 5. The van der Waals surface area contributed by atoms with Crippen molar-refractivity contribution in [3.05, 3.63) is 46.8 Å². The van der Waals surface area contributed by atoms with Gasteiger partial charge in [0.05, 0.1) is 10.9 Å². The third-order valence-electron chi connectivity index (χ3n) is 3.81. The summed E-state index contributed by atoms with van der Waals surface area (Å²) in [5.41, 5.74) is 10.7. The van der Waals surface area contributed by atoms with Crippen molar-refractivity contribution in [3.8, 4) is 11.5 Å². The van der Waals surface area contributed by atoms with Crippen LogP contribution in [0.2, 0.25) is 0 Å². The summed E-state index contributed by atoms with van der Waals surface area (Å²) in [6.07, 6.45) is -1.91. The molecule has 2 amide bonds. The van der Waals surface area contributed by atoms with E-state index in [4.69, 9.17) is 25.4 Å². The molecule has 0 saturated carbocycles. The molecular formula is C17H11N3O6. The minimum absolute atomic E-state index is 0.188. The number of H-pyrrole nitrogens is 1. The van der Waals surface area contributed by atoms with Gasteiger partial charge >= 0.3 is 12.2 Å². The molecule has 0 saturated heterocycles. The summed E-state index contributed by atoms with van der Waals surface area (Å²) in [7, 11) is 0. The Morgan fingerprint density at radius 1 is 0.923 bits per heavy atom. The molecular weight excluding hydrogens is 342 g/mol. The van der Waals surface area contributed by atoms with Crippen LogP contribution in [0, 0.1) is 0 Å². The van der Waals surface area contributed by atoms with Gasteiger partial charge in [0.25, 0.3) is 5.56 Å². The van der Waals surface area contributed by atoms with E-state index in [0.717, 1.165) is 0 Å². The predicted molar refractivity (Wildman–Crippen MR) is 92.3 cm³/mol. The van der Waals surface area contributed by atoms with Gasteiger partial charge in [-0.2, -0.15) is 0 Å². The number of pyridine rings is 1. The summed E-state index contributed by atoms with van der Waals surface area (Å²) in [5, 5.41) is 1.50. The zero-order chi connectivity index (χ0) is 18.4. The fourth-order valence-corrected chi connectivity index (χ4v) is 2.86. The van der Waals surface area contributed by atoms with Gasteiger partial charge in [-0.15, -0.1) is 0 Å². The molecule has 2 heterocycles. The zero-order valence-corrected chi connectivity index (χ0v) is 13.1. The fourth-order valence-electron chi connectivity index (χ4n) is 2.86. The SMILES string of the molecule is NC(=O)Oc1ccc2c(c1)[nH]c(=O)c1c3ccc(OC(N)=O)cc3oc21. The van der Waals surface area contributed by atoms with Crippen molar-refractivity contribution in [1.29, 1.82) is 0 Å². The summed E-state index contributed by atoms with van der Waals surface area (Å²) in [5.74, 6) is 0.384. The highest BCUT2D eigenvalue weighted by atomic mass is 16.6. The summed E-state index contributed by atoms with van der Waals surface area (Å²) in [6, 6.07) is 9.21. The highest BCUT2D eigenvalue weighted by Gasteiger charge is 2.16. The fraction of sp³-hybridized carbons (Fsp3) is 0. The normalized spacial score (nSPS) is 11.1. The Hall–Kier alpha value is -4.01. The van der Waals surface area contributed by atoms with E-state index in [1.54, 1.807) is 12.1 Å². The summed E-state index contributed by atoms with van der Waals surface area (Å²) in [6.45, 7) is 0. The molecule has 4 rings (SSSR count). The monoisotopic (exact) mass is 353 g/mol. The lowest BCUT2D eigenvalue weighted by molar-refractivity contribution is 0.210. The molecule has 0 aliphatic heterocycles. The maximum Gasteiger partial charge on any atom is 0.409 e. The number of rotatable bonds is 2. The second-order valence-electron chi connectivity index (χ2n) is 5.47. The molecule has 26 heavy (non-hydrogen) atoms. The van der Waals surface area contributed by atoms with Gasteiger partial charge in [-0.1, -0.05) is 0 Å². The number of carbonyl (C=O) groups excluding carboxylic acids is 2. The number of hydrogen-bond donors (Lipinski definition) is 3. The Morgan fingerprint density at radius 3 is 2.19 bits per heavy atom. The van der Waals surface area contributed by atoms with E-state index in [9.17, 15) is 14.4 Å². The molecule has 0 bridgehead atoms. The standard InChI is InChI=1S/C17H11N3O6/c18-16(22)24-7-1-3-9-11(5-7)20-15(21)13-10-4-2-8(25-17(19)23)6-12(10)26-14(9)13/h1-6H,(H2,18,22)(H2,19,23)(H,20,21). The number of benzene rings is 2. The van der Waals surface area contributed by atoms with E-state index >= 15 is 0 Å². The van der Waals surface area contributed by atoms with Gasteiger partial charge in [-0.3, -0.25) is 4.79 Å². The first kappa shape index (κ1) is 15.5. The number of carbonyl (C=O) groups is 2. The van der Waals surface area contributed by atoms with Crippen molar-refractivity contribution in [2.24, 2.45) is 11.5 Å². The van der Waals surface area contributed by atoms with Gasteiger partial charge in [0.15, 0.2) is 0 Å². The van der Waals surface area contributed by atoms with Gasteiger partial charge in [0.2, 0.25) is 0 Å². The first-order valence-electron chi connectivity index (χ1n) is 7.39. The molecule has 5 N–H and O–H groups in total. The lowest BCUT2D eigenvalue weighted by Crippen LogP contribution is -2.16. The quantitative estimate of drug-likeness (QED) is 0.503. The van der Waals surface area contributed by atoms with Gasteiger partial charge < -0.3 is 30.3 Å². The van der Waals surface area contributed by atoms with Crippen LogP contribution < -0.4 is 26.5 Å². The average molecular weight is 353 g/mol. The first-order chi connectivity index (χ1) is 12.4. The van der Waals surface area contributed by atoms with Crippen LogP contribution in [0.5, 0.6) is 11.5 Å². The molecule has 2 aromatic carbocycles. The molecule has 0 spiro atoms. The van der Waals surface area contributed by atoms with Gasteiger partial charge in [-0.05, 0) is 24.3 Å². The molecule has 9 heteroatoms. The maximum atomic E-state index is 12.5. The highest BCUT2D eigenvalue weighted by Crippen LogP contribution is 2.33. The maximum absolute atomic E-state index is 12.5. The average Bonchev–Trinajstić information content (AvgIpc) is 2.92. The third-order valence-corrected chi connectivity index (χ3v) is 3.81. The minimum atomic E-state index is -0.960. The lowest BCUT2D eigenvalue weighted by Gasteiger charge is -2.03.